The summed E-state index contributed by atoms with van der Waals surface area (Å²) in [6.07, 6.45) is 3.32. The van der Waals surface area contributed by atoms with Gasteiger partial charge in [-0.3, -0.25) is 4.79 Å². The summed E-state index contributed by atoms with van der Waals surface area (Å²) in [7, 11) is 0. The van der Waals surface area contributed by atoms with Crippen molar-refractivity contribution >= 4 is 16.7 Å². The van der Waals surface area contributed by atoms with E-state index >= 15 is 0 Å². The molecule has 5 heteroatoms. The van der Waals surface area contributed by atoms with Gasteiger partial charge >= 0.3 is 0 Å². The lowest BCUT2D eigenvalue weighted by molar-refractivity contribution is 0.0975. The van der Waals surface area contributed by atoms with Crippen LogP contribution >= 0.6 is 0 Å². The molecule has 0 saturated heterocycles. The minimum absolute atomic E-state index is 0.0165. The quantitative estimate of drug-likeness (QED) is 0.537. The number of Topliss-reactive ketones (excluding diaryl/α,β-unsaturated/α-hetero) is 1. The van der Waals surface area contributed by atoms with Gasteiger partial charge in [0, 0.05) is 23.5 Å². The number of carbonyl (C=O) groups excluding carboxylic acids is 1. The van der Waals surface area contributed by atoms with E-state index in [1.165, 1.54) is 12.1 Å². The lowest BCUT2D eigenvalue weighted by Gasteiger charge is -2.07. The third-order valence-corrected chi connectivity index (χ3v) is 4.12. The molecule has 0 bridgehead atoms. The van der Waals surface area contributed by atoms with Crippen LogP contribution in [0.1, 0.15) is 34.3 Å². The van der Waals surface area contributed by atoms with E-state index in [1.54, 1.807) is 19.1 Å². The van der Waals surface area contributed by atoms with Crippen LogP contribution in [0.25, 0.3) is 10.9 Å². The van der Waals surface area contributed by atoms with Crippen LogP contribution in [-0.4, -0.2) is 26.1 Å². The van der Waals surface area contributed by atoms with Crippen molar-refractivity contribution in [2.75, 3.05) is 0 Å². The molecule has 0 radical (unpaired) electrons. The number of ketones is 1. The Hall–Kier alpha value is -2.95. The van der Waals surface area contributed by atoms with Crippen LogP contribution in [0.2, 0.25) is 0 Å². The average molecular weight is 325 g/mol. The van der Waals surface area contributed by atoms with Gasteiger partial charge in [0.25, 0.3) is 0 Å². The molecule has 124 valence electrons. The minimum Gasteiger partial charge on any atom is -0.508 e. The summed E-state index contributed by atoms with van der Waals surface area (Å²) in [5, 5.41) is 30.3. The van der Waals surface area contributed by atoms with Crippen molar-refractivity contribution in [3.63, 3.8) is 0 Å². The third-order valence-electron chi connectivity index (χ3n) is 4.12. The van der Waals surface area contributed by atoms with E-state index < -0.39 is 0 Å². The first-order chi connectivity index (χ1) is 11.5. The molecule has 0 aliphatic carbocycles. The van der Waals surface area contributed by atoms with Crippen LogP contribution < -0.4 is 0 Å². The van der Waals surface area contributed by atoms with Gasteiger partial charge in [-0.25, -0.2) is 0 Å². The zero-order chi connectivity index (χ0) is 17.3. The largest absolute Gasteiger partial charge is 0.508 e. The smallest absolute Gasteiger partial charge is 0.170 e. The van der Waals surface area contributed by atoms with Crippen molar-refractivity contribution in [2.45, 2.75) is 26.2 Å². The second-order valence-corrected chi connectivity index (χ2v) is 6.00. The predicted octanol–water partition coefficient (Wildman–Crippen LogP) is 3.80. The fourth-order valence-electron chi connectivity index (χ4n) is 2.97. The normalized spacial score (nSPS) is 11.0. The Balaban J connectivity index is 1.70. The van der Waals surface area contributed by atoms with Crippen LogP contribution in [0.5, 0.6) is 17.2 Å². The van der Waals surface area contributed by atoms with Gasteiger partial charge in [-0.05, 0) is 61.2 Å². The van der Waals surface area contributed by atoms with Gasteiger partial charge in [-0.1, -0.05) is 0 Å². The van der Waals surface area contributed by atoms with Gasteiger partial charge in [-0.2, -0.15) is 0 Å². The second kappa shape index (κ2) is 6.28. The highest BCUT2D eigenvalue weighted by atomic mass is 16.3. The highest BCUT2D eigenvalue weighted by Crippen LogP contribution is 2.30. The second-order valence-electron chi connectivity index (χ2n) is 6.00. The summed E-state index contributed by atoms with van der Waals surface area (Å²) >= 11 is 0. The standard InChI is InChI=1S/C19H19NO4/c1-11-7-17(23)19(18(24)8-11)16(22)4-2-3-12-10-20-15-6-5-13(21)9-14(12)15/h5-10,20-21,23-24H,2-4H2,1H3. The van der Waals surface area contributed by atoms with E-state index in [2.05, 4.69) is 4.98 Å². The Morgan fingerprint density at radius 3 is 2.50 bits per heavy atom. The Morgan fingerprint density at radius 2 is 1.79 bits per heavy atom. The number of aromatic amines is 1. The maximum atomic E-state index is 12.3. The van der Waals surface area contributed by atoms with E-state index in [9.17, 15) is 20.1 Å². The van der Waals surface area contributed by atoms with Gasteiger partial charge in [0.05, 0.1) is 0 Å². The summed E-state index contributed by atoms with van der Waals surface area (Å²) < 4.78 is 0. The van der Waals surface area contributed by atoms with Crippen LogP contribution in [-0.2, 0) is 6.42 Å². The maximum absolute atomic E-state index is 12.3. The molecular weight excluding hydrogens is 306 g/mol. The minimum atomic E-state index is -0.285. The van der Waals surface area contributed by atoms with Crippen molar-refractivity contribution in [1.29, 1.82) is 0 Å². The zero-order valence-electron chi connectivity index (χ0n) is 13.3. The number of H-pyrrole nitrogens is 1. The monoisotopic (exact) mass is 325 g/mol. The summed E-state index contributed by atoms with van der Waals surface area (Å²) in [5.41, 5.74) is 2.63. The number of phenols is 3. The summed E-state index contributed by atoms with van der Waals surface area (Å²) in [4.78, 5) is 15.4. The molecule has 0 aliphatic heterocycles. The number of benzene rings is 2. The molecule has 1 aromatic heterocycles. The van der Waals surface area contributed by atoms with Crippen LogP contribution in [0.3, 0.4) is 0 Å². The molecule has 2 aromatic carbocycles. The Morgan fingerprint density at radius 1 is 1.08 bits per heavy atom. The number of aryl methyl sites for hydroxylation is 2. The SMILES string of the molecule is Cc1cc(O)c(C(=O)CCCc2c[nH]c3ccc(O)cc23)c(O)c1. The molecule has 0 spiro atoms. The third kappa shape index (κ3) is 3.06. The van der Waals surface area contributed by atoms with Gasteiger partial charge in [0.1, 0.15) is 22.8 Å². The molecular formula is C19H19NO4. The number of carbonyl (C=O) groups is 1. The first kappa shape index (κ1) is 15.9. The first-order valence-electron chi connectivity index (χ1n) is 7.80. The van der Waals surface area contributed by atoms with E-state index in [0.717, 1.165) is 16.5 Å². The van der Waals surface area contributed by atoms with Gasteiger partial charge in [0.15, 0.2) is 5.78 Å². The Labute approximate surface area is 139 Å². The van der Waals surface area contributed by atoms with E-state index in [0.29, 0.717) is 18.4 Å². The number of rotatable bonds is 5. The van der Waals surface area contributed by atoms with E-state index in [1.807, 2.05) is 12.3 Å². The van der Waals surface area contributed by atoms with Crippen molar-refractivity contribution in [1.82, 2.24) is 4.98 Å². The number of hydrogen-bond acceptors (Lipinski definition) is 4. The number of hydrogen-bond donors (Lipinski definition) is 4. The molecule has 0 fully saturated rings. The van der Waals surface area contributed by atoms with Crippen molar-refractivity contribution in [3.8, 4) is 17.2 Å². The average Bonchev–Trinajstić information content (AvgIpc) is 2.88. The highest BCUT2D eigenvalue weighted by Gasteiger charge is 2.17. The van der Waals surface area contributed by atoms with E-state index in [4.69, 9.17) is 0 Å². The van der Waals surface area contributed by atoms with Crippen LogP contribution in [0, 0.1) is 6.92 Å². The molecule has 5 nitrogen and oxygen atoms in total. The molecule has 3 aromatic rings. The summed E-state index contributed by atoms with van der Waals surface area (Å²) in [5.74, 6) is -0.453. The lowest BCUT2D eigenvalue weighted by atomic mass is 10.00. The molecule has 0 saturated carbocycles. The van der Waals surface area contributed by atoms with Gasteiger partial charge in [-0.15, -0.1) is 0 Å². The molecule has 1 heterocycles. The number of aromatic nitrogens is 1. The molecule has 0 unspecified atom stereocenters. The van der Waals surface area contributed by atoms with Gasteiger partial charge in [0.2, 0.25) is 0 Å². The van der Waals surface area contributed by atoms with Crippen LogP contribution in [0.4, 0.5) is 0 Å². The number of aromatic hydroxyl groups is 3. The Kier molecular flexibility index (Phi) is 4.16. The molecule has 0 atom stereocenters. The fourth-order valence-corrected chi connectivity index (χ4v) is 2.97. The molecule has 0 aliphatic rings. The lowest BCUT2D eigenvalue weighted by Crippen LogP contribution is -2.01. The fraction of sp³-hybridized carbons (Fsp3) is 0.211. The van der Waals surface area contributed by atoms with Crippen molar-refractivity contribution in [2.24, 2.45) is 0 Å². The summed E-state index contributed by atoms with van der Waals surface area (Å²) in [6, 6.07) is 8.06. The molecule has 3 rings (SSSR count). The molecule has 4 N–H and O–H groups in total. The number of phenolic OH excluding ortho intramolecular Hbond substituents is 3. The number of fused-ring (bicyclic) bond motifs is 1. The first-order valence-corrected chi connectivity index (χ1v) is 7.80. The zero-order valence-corrected chi connectivity index (χ0v) is 13.3. The van der Waals surface area contributed by atoms with Crippen molar-refractivity contribution < 1.29 is 20.1 Å². The summed E-state index contributed by atoms with van der Waals surface area (Å²) in [6.45, 7) is 1.74. The maximum Gasteiger partial charge on any atom is 0.170 e. The van der Waals surface area contributed by atoms with Gasteiger partial charge < -0.3 is 20.3 Å². The van der Waals surface area contributed by atoms with E-state index in [-0.39, 0.29) is 35.0 Å². The predicted molar refractivity (Wildman–Crippen MR) is 91.7 cm³/mol. The highest BCUT2D eigenvalue weighted by molar-refractivity contribution is 6.01. The van der Waals surface area contributed by atoms with Crippen molar-refractivity contribution in [3.05, 3.63) is 53.2 Å². The Bertz CT molecular complexity index is 888. The molecule has 24 heavy (non-hydrogen) atoms. The molecule has 0 amide bonds. The van der Waals surface area contributed by atoms with Crippen LogP contribution in [0.15, 0.2) is 36.5 Å². The topological polar surface area (TPSA) is 93.5 Å². The number of nitrogens with one attached hydrogen (secondary N) is 1.